The van der Waals surface area contributed by atoms with Crippen molar-refractivity contribution in [2.75, 3.05) is 0 Å². The molecule has 6 nitrogen and oxygen atoms in total. The van der Waals surface area contributed by atoms with Gasteiger partial charge in [0.15, 0.2) is 11.2 Å². The molecule has 0 saturated heterocycles. The number of hydrogen-bond acceptors (Lipinski definition) is 4. The minimum absolute atomic E-state index is 0.298. The molecule has 0 aliphatic carbocycles. The number of H-pyrrole nitrogens is 1. The van der Waals surface area contributed by atoms with Crippen LogP contribution in [0.2, 0.25) is 0 Å². The lowest BCUT2D eigenvalue weighted by molar-refractivity contribution is 0.624. The third kappa shape index (κ3) is 2.56. The first-order valence-corrected chi connectivity index (χ1v) is 7.31. The number of nitrogens with one attached hydrogen (secondary N) is 1. The molecule has 0 saturated carbocycles. The van der Waals surface area contributed by atoms with Gasteiger partial charge in [0.25, 0.3) is 5.56 Å². The topological polar surface area (TPSA) is 76.5 Å². The molecule has 7 heteroatoms. The SMILES string of the molecule is O=c1[nH]c(-c2cccnc2)nc2ncn(Cc3cccc(F)c3)c12. The summed E-state index contributed by atoms with van der Waals surface area (Å²) in [6.45, 7) is 0.339. The zero-order valence-electron chi connectivity index (χ0n) is 12.5. The van der Waals surface area contributed by atoms with Crippen LogP contribution in [0.1, 0.15) is 5.56 Å². The van der Waals surface area contributed by atoms with Crippen molar-refractivity contribution < 1.29 is 4.39 Å². The Kier molecular flexibility index (Phi) is 3.38. The molecule has 0 unspecified atom stereocenters. The van der Waals surface area contributed by atoms with Crippen molar-refractivity contribution in [3.05, 3.63) is 76.9 Å². The summed E-state index contributed by atoms with van der Waals surface area (Å²) in [5, 5.41) is 0. The molecule has 0 aliphatic heterocycles. The molecule has 118 valence electrons. The van der Waals surface area contributed by atoms with E-state index >= 15 is 0 Å². The average molecular weight is 321 g/mol. The van der Waals surface area contributed by atoms with E-state index in [1.165, 1.54) is 18.5 Å². The summed E-state index contributed by atoms with van der Waals surface area (Å²) in [5.74, 6) is 0.0967. The molecule has 0 radical (unpaired) electrons. The van der Waals surface area contributed by atoms with Crippen LogP contribution >= 0.6 is 0 Å². The number of aromatic nitrogens is 5. The summed E-state index contributed by atoms with van der Waals surface area (Å²) in [6.07, 6.45) is 4.80. The van der Waals surface area contributed by atoms with Crippen LogP contribution in [-0.2, 0) is 6.54 Å². The van der Waals surface area contributed by atoms with E-state index < -0.39 is 0 Å². The maximum Gasteiger partial charge on any atom is 0.277 e. The third-order valence-corrected chi connectivity index (χ3v) is 3.66. The number of benzene rings is 1. The second kappa shape index (κ2) is 5.69. The monoisotopic (exact) mass is 321 g/mol. The molecule has 3 aromatic heterocycles. The molecule has 1 aromatic carbocycles. The zero-order chi connectivity index (χ0) is 16.5. The van der Waals surface area contributed by atoms with E-state index in [0.717, 1.165) is 5.56 Å². The van der Waals surface area contributed by atoms with Crippen LogP contribution in [0.5, 0.6) is 0 Å². The van der Waals surface area contributed by atoms with E-state index in [4.69, 9.17) is 0 Å². The van der Waals surface area contributed by atoms with Gasteiger partial charge in [-0.25, -0.2) is 14.4 Å². The lowest BCUT2D eigenvalue weighted by Crippen LogP contribution is -2.13. The minimum atomic E-state index is -0.317. The van der Waals surface area contributed by atoms with Crippen molar-refractivity contribution >= 4 is 11.2 Å². The highest BCUT2D eigenvalue weighted by atomic mass is 19.1. The lowest BCUT2D eigenvalue weighted by Gasteiger charge is -2.05. The number of aromatic amines is 1. The van der Waals surface area contributed by atoms with Crippen molar-refractivity contribution in [3.63, 3.8) is 0 Å². The molecule has 0 amide bonds. The van der Waals surface area contributed by atoms with Gasteiger partial charge in [0.05, 0.1) is 6.33 Å². The third-order valence-electron chi connectivity index (χ3n) is 3.66. The number of halogens is 1. The van der Waals surface area contributed by atoms with Crippen LogP contribution in [-0.4, -0.2) is 24.5 Å². The van der Waals surface area contributed by atoms with E-state index in [1.807, 2.05) is 0 Å². The Labute approximate surface area is 135 Å². The normalized spacial score (nSPS) is 11.0. The summed E-state index contributed by atoms with van der Waals surface area (Å²) in [7, 11) is 0. The molecule has 0 fully saturated rings. The highest BCUT2D eigenvalue weighted by Crippen LogP contribution is 2.15. The van der Waals surface area contributed by atoms with E-state index in [0.29, 0.717) is 29.1 Å². The van der Waals surface area contributed by atoms with Crippen LogP contribution in [0, 0.1) is 5.82 Å². The van der Waals surface area contributed by atoms with Crippen molar-refractivity contribution in [3.8, 4) is 11.4 Å². The quantitative estimate of drug-likeness (QED) is 0.628. The van der Waals surface area contributed by atoms with Crippen molar-refractivity contribution in [1.82, 2.24) is 24.5 Å². The van der Waals surface area contributed by atoms with E-state index in [9.17, 15) is 9.18 Å². The van der Waals surface area contributed by atoms with Gasteiger partial charge in [-0.2, -0.15) is 0 Å². The first-order chi connectivity index (χ1) is 11.7. The Morgan fingerprint density at radius 2 is 2.12 bits per heavy atom. The van der Waals surface area contributed by atoms with Crippen LogP contribution in [0.15, 0.2) is 59.9 Å². The fraction of sp³-hybridized carbons (Fsp3) is 0.0588. The van der Waals surface area contributed by atoms with Gasteiger partial charge in [0, 0.05) is 24.5 Å². The minimum Gasteiger partial charge on any atom is -0.320 e. The standard InChI is InChI=1S/C17H12FN5O/c18-13-5-1-3-11(7-13)9-23-10-20-16-14(23)17(24)22-15(21-16)12-4-2-6-19-8-12/h1-8,10H,9H2,(H,21,22,24). The molecular weight excluding hydrogens is 309 g/mol. The van der Waals surface area contributed by atoms with Gasteiger partial charge in [0.2, 0.25) is 0 Å². The van der Waals surface area contributed by atoms with E-state index in [-0.39, 0.29) is 11.4 Å². The predicted molar refractivity (Wildman–Crippen MR) is 86.9 cm³/mol. The average Bonchev–Trinajstić information content (AvgIpc) is 2.99. The highest BCUT2D eigenvalue weighted by Gasteiger charge is 2.12. The molecule has 4 rings (SSSR count). The van der Waals surface area contributed by atoms with E-state index in [2.05, 4.69) is 19.9 Å². The summed E-state index contributed by atoms with van der Waals surface area (Å²) >= 11 is 0. The number of rotatable bonds is 3. The summed E-state index contributed by atoms with van der Waals surface area (Å²) in [5.41, 5.74) is 1.84. The molecule has 0 aliphatic rings. The Morgan fingerprint density at radius 1 is 1.21 bits per heavy atom. The first kappa shape index (κ1) is 14.3. The largest absolute Gasteiger partial charge is 0.320 e. The fourth-order valence-corrected chi connectivity index (χ4v) is 2.58. The smallest absolute Gasteiger partial charge is 0.277 e. The Hall–Kier alpha value is -3.35. The number of hydrogen-bond donors (Lipinski definition) is 1. The molecule has 24 heavy (non-hydrogen) atoms. The first-order valence-electron chi connectivity index (χ1n) is 7.31. The number of fused-ring (bicyclic) bond motifs is 1. The molecule has 0 bridgehead atoms. The Balaban J connectivity index is 1.79. The van der Waals surface area contributed by atoms with Gasteiger partial charge in [-0.15, -0.1) is 0 Å². The molecule has 1 N–H and O–H groups in total. The van der Waals surface area contributed by atoms with Gasteiger partial charge in [-0.05, 0) is 29.8 Å². The number of pyridine rings is 1. The second-order valence-corrected chi connectivity index (χ2v) is 5.33. The van der Waals surface area contributed by atoms with Gasteiger partial charge in [-0.3, -0.25) is 9.78 Å². The van der Waals surface area contributed by atoms with Crippen molar-refractivity contribution in [2.45, 2.75) is 6.54 Å². The van der Waals surface area contributed by atoms with Gasteiger partial charge < -0.3 is 9.55 Å². The summed E-state index contributed by atoms with van der Waals surface area (Å²) in [4.78, 5) is 27.8. The Morgan fingerprint density at radius 3 is 2.92 bits per heavy atom. The molecule has 3 heterocycles. The highest BCUT2D eigenvalue weighted by molar-refractivity contribution is 5.72. The van der Waals surface area contributed by atoms with Gasteiger partial charge in [0.1, 0.15) is 11.6 Å². The van der Waals surface area contributed by atoms with Crippen molar-refractivity contribution in [2.24, 2.45) is 0 Å². The summed E-state index contributed by atoms with van der Waals surface area (Å²) in [6, 6.07) is 9.80. The van der Waals surface area contributed by atoms with Gasteiger partial charge >= 0.3 is 0 Å². The summed E-state index contributed by atoms with van der Waals surface area (Å²) < 4.78 is 15.0. The van der Waals surface area contributed by atoms with Crippen LogP contribution in [0.4, 0.5) is 4.39 Å². The molecular formula is C17H12FN5O. The molecule has 0 atom stereocenters. The number of imidazole rings is 1. The Bertz CT molecular complexity index is 1070. The molecule has 4 aromatic rings. The van der Waals surface area contributed by atoms with Gasteiger partial charge in [-0.1, -0.05) is 12.1 Å². The number of nitrogens with zero attached hydrogens (tertiary/aromatic N) is 4. The fourth-order valence-electron chi connectivity index (χ4n) is 2.58. The second-order valence-electron chi connectivity index (χ2n) is 5.33. The predicted octanol–water partition coefficient (Wildman–Crippen LogP) is 2.37. The maximum absolute atomic E-state index is 13.3. The van der Waals surface area contributed by atoms with Crippen molar-refractivity contribution in [1.29, 1.82) is 0 Å². The van der Waals surface area contributed by atoms with Crippen LogP contribution in [0.3, 0.4) is 0 Å². The maximum atomic E-state index is 13.3. The molecule has 0 spiro atoms. The van der Waals surface area contributed by atoms with E-state index in [1.54, 1.807) is 41.2 Å². The zero-order valence-corrected chi connectivity index (χ0v) is 12.5. The van der Waals surface area contributed by atoms with Crippen LogP contribution in [0.25, 0.3) is 22.6 Å². The lowest BCUT2D eigenvalue weighted by atomic mass is 10.2. The van der Waals surface area contributed by atoms with Crippen LogP contribution < -0.4 is 5.56 Å².